The molecule has 3 N–H and O–H groups in total. The van der Waals surface area contributed by atoms with Crippen LogP contribution in [-0.2, 0) is 9.59 Å². The van der Waals surface area contributed by atoms with Gasteiger partial charge in [0.05, 0.1) is 6.33 Å². The molecule has 3 aromatic rings. The van der Waals surface area contributed by atoms with Crippen LogP contribution in [0.2, 0.25) is 0 Å². The molecule has 0 aliphatic carbocycles. The van der Waals surface area contributed by atoms with Crippen LogP contribution in [0, 0.1) is 0 Å². The van der Waals surface area contributed by atoms with Crippen molar-refractivity contribution >= 4 is 46.1 Å². The van der Waals surface area contributed by atoms with E-state index in [1.54, 1.807) is 29.3 Å². The lowest BCUT2D eigenvalue weighted by molar-refractivity contribution is -0.127. The number of imidazole rings is 1. The van der Waals surface area contributed by atoms with Crippen molar-refractivity contribution in [1.29, 1.82) is 0 Å². The number of rotatable bonds is 9. The van der Waals surface area contributed by atoms with E-state index in [1.807, 2.05) is 24.3 Å². The summed E-state index contributed by atoms with van der Waals surface area (Å²) in [5, 5.41) is 6.67. The van der Waals surface area contributed by atoms with Gasteiger partial charge in [-0.2, -0.15) is 9.97 Å². The molecular weight excluding hydrogens is 444 g/mol. The quantitative estimate of drug-likeness (QED) is 0.320. The number of H-pyrrole nitrogens is 1. The predicted molar refractivity (Wildman–Crippen MR) is 138 cm³/mol. The number of likely N-dealkylation sites (tertiary alicyclic amines) is 1. The highest BCUT2D eigenvalue weighted by Gasteiger charge is 2.24. The van der Waals surface area contributed by atoms with Crippen molar-refractivity contribution in [2.45, 2.75) is 31.7 Å². The average Bonchev–Trinajstić information content (AvgIpc) is 3.36. The Kier molecular flexibility index (Phi) is 7.39. The van der Waals surface area contributed by atoms with Gasteiger partial charge in [-0.3, -0.25) is 9.59 Å². The van der Waals surface area contributed by atoms with E-state index in [1.165, 1.54) is 6.08 Å². The molecule has 3 heterocycles. The largest absolute Gasteiger partial charge is 0.364 e. The molecule has 1 unspecified atom stereocenters. The normalized spacial score (nSPS) is 15.5. The minimum atomic E-state index is -0.0667. The average molecular weight is 475 g/mol. The molecule has 0 spiro atoms. The number of anilines is 4. The molecular formula is C25H30N8O2. The summed E-state index contributed by atoms with van der Waals surface area (Å²) in [4.78, 5) is 44.3. The molecule has 1 aromatic carbocycles. The van der Waals surface area contributed by atoms with Gasteiger partial charge in [-0.1, -0.05) is 12.7 Å². The Bertz CT molecular complexity index is 1220. The second-order valence-electron chi connectivity index (χ2n) is 8.42. The number of carbonyl (C=O) groups excluding carboxylic acids is 2. The van der Waals surface area contributed by atoms with Crippen LogP contribution in [0.4, 0.5) is 23.1 Å². The van der Waals surface area contributed by atoms with Gasteiger partial charge < -0.3 is 25.4 Å². The fraction of sp³-hybridized carbons (Fsp3) is 0.320. The number of fused-ring (bicyclic) bond motifs is 1. The summed E-state index contributed by atoms with van der Waals surface area (Å²) >= 11 is 0. The number of hydrogen-bond donors (Lipinski definition) is 3. The summed E-state index contributed by atoms with van der Waals surface area (Å²) < 4.78 is 0. The van der Waals surface area contributed by atoms with Gasteiger partial charge in [0.25, 0.3) is 0 Å². The molecule has 1 saturated heterocycles. The molecule has 1 aliphatic rings. The number of nitrogens with zero attached hydrogens (tertiary/aromatic N) is 5. The van der Waals surface area contributed by atoms with Crippen molar-refractivity contribution in [3.63, 3.8) is 0 Å². The smallest absolute Gasteiger partial charge is 0.246 e. The number of aromatic amines is 1. The van der Waals surface area contributed by atoms with E-state index < -0.39 is 0 Å². The van der Waals surface area contributed by atoms with Crippen molar-refractivity contribution in [3.05, 3.63) is 55.9 Å². The molecule has 10 heteroatoms. The second-order valence-corrected chi connectivity index (χ2v) is 8.42. The number of aromatic nitrogens is 4. The first-order chi connectivity index (χ1) is 17.0. The maximum atomic E-state index is 12.3. The molecule has 0 bridgehead atoms. The highest BCUT2D eigenvalue weighted by atomic mass is 16.2. The highest BCUT2D eigenvalue weighted by molar-refractivity contribution is 5.93. The molecule has 0 radical (unpaired) electrons. The lowest BCUT2D eigenvalue weighted by Crippen LogP contribution is -2.44. The standard InChI is InChI=1S/C25H30N8O2/c1-4-6-9-21(35)32(3)19-12-10-17(11-13-19)29-25-30-23-22(26-16-27-23)24(31-25)28-18-8-7-14-33(15-18)20(34)5-2/h4-5,10-13,16,18H,1-2,6-9,14-15H2,3H3,(H3,26,27,28,29,30,31). The third-order valence-electron chi connectivity index (χ3n) is 5.97. The first-order valence-corrected chi connectivity index (χ1v) is 11.6. The maximum Gasteiger partial charge on any atom is 0.246 e. The molecule has 1 aliphatic heterocycles. The fourth-order valence-corrected chi connectivity index (χ4v) is 4.04. The number of benzene rings is 1. The minimum Gasteiger partial charge on any atom is -0.364 e. The number of nitrogens with one attached hydrogen (secondary N) is 3. The van der Waals surface area contributed by atoms with Gasteiger partial charge in [-0.25, -0.2) is 4.98 Å². The Morgan fingerprint density at radius 3 is 2.80 bits per heavy atom. The zero-order valence-electron chi connectivity index (χ0n) is 19.8. The molecule has 2 amide bonds. The van der Waals surface area contributed by atoms with E-state index in [0.29, 0.717) is 42.3 Å². The first-order valence-electron chi connectivity index (χ1n) is 11.6. The molecule has 1 atom stereocenters. The SMILES string of the molecule is C=CCCC(=O)N(C)c1ccc(Nc2nc(NC3CCCN(C(=O)C=C)C3)c3nc[nH]c3n2)cc1. The van der Waals surface area contributed by atoms with E-state index in [0.717, 1.165) is 30.8 Å². The lowest BCUT2D eigenvalue weighted by atomic mass is 10.1. The third-order valence-corrected chi connectivity index (χ3v) is 5.97. The second kappa shape index (κ2) is 10.8. The van der Waals surface area contributed by atoms with Gasteiger partial charge in [0.2, 0.25) is 17.8 Å². The van der Waals surface area contributed by atoms with Gasteiger partial charge in [0.1, 0.15) is 5.52 Å². The van der Waals surface area contributed by atoms with Gasteiger partial charge in [0, 0.05) is 44.0 Å². The first kappa shape index (κ1) is 23.9. The number of amides is 2. The Balaban J connectivity index is 1.49. The predicted octanol–water partition coefficient (Wildman–Crippen LogP) is 3.61. The Morgan fingerprint density at radius 2 is 2.06 bits per heavy atom. The summed E-state index contributed by atoms with van der Waals surface area (Å²) in [6.45, 7) is 8.55. The van der Waals surface area contributed by atoms with Crippen LogP contribution in [0.15, 0.2) is 55.9 Å². The number of piperidine rings is 1. The Morgan fingerprint density at radius 1 is 1.26 bits per heavy atom. The summed E-state index contributed by atoms with van der Waals surface area (Å²) in [6.07, 6.45) is 7.56. The van der Waals surface area contributed by atoms with E-state index in [-0.39, 0.29) is 17.9 Å². The van der Waals surface area contributed by atoms with Crippen LogP contribution >= 0.6 is 0 Å². The molecule has 1 fully saturated rings. The van der Waals surface area contributed by atoms with Gasteiger partial charge in [0.15, 0.2) is 11.5 Å². The topological polar surface area (TPSA) is 119 Å². The third kappa shape index (κ3) is 5.65. The number of hydrogen-bond acceptors (Lipinski definition) is 7. The molecule has 4 rings (SSSR count). The van der Waals surface area contributed by atoms with Crippen molar-refractivity contribution in [1.82, 2.24) is 24.8 Å². The van der Waals surface area contributed by atoms with Crippen LogP contribution in [0.25, 0.3) is 11.2 Å². The van der Waals surface area contributed by atoms with Crippen LogP contribution in [0.1, 0.15) is 25.7 Å². The summed E-state index contributed by atoms with van der Waals surface area (Å²) in [5.74, 6) is 0.969. The Hall–Kier alpha value is -4.21. The van der Waals surface area contributed by atoms with Gasteiger partial charge >= 0.3 is 0 Å². The van der Waals surface area contributed by atoms with Crippen molar-refractivity contribution < 1.29 is 9.59 Å². The van der Waals surface area contributed by atoms with Crippen LogP contribution in [-0.4, -0.2) is 62.8 Å². The lowest BCUT2D eigenvalue weighted by Gasteiger charge is -2.32. The van der Waals surface area contributed by atoms with E-state index in [9.17, 15) is 9.59 Å². The number of allylic oxidation sites excluding steroid dienone is 1. The van der Waals surface area contributed by atoms with Gasteiger partial charge in [-0.05, 0) is 49.6 Å². The van der Waals surface area contributed by atoms with Crippen LogP contribution in [0.3, 0.4) is 0 Å². The minimum absolute atomic E-state index is 0.0328. The van der Waals surface area contributed by atoms with Gasteiger partial charge in [-0.15, -0.1) is 6.58 Å². The van der Waals surface area contributed by atoms with Crippen molar-refractivity contribution in [3.8, 4) is 0 Å². The molecule has 10 nitrogen and oxygen atoms in total. The summed E-state index contributed by atoms with van der Waals surface area (Å²) in [7, 11) is 1.76. The molecule has 182 valence electrons. The molecule has 2 aromatic heterocycles. The van der Waals surface area contributed by atoms with Crippen LogP contribution < -0.4 is 15.5 Å². The van der Waals surface area contributed by atoms with Crippen molar-refractivity contribution in [2.75, 3.05) is 35.7 Å². The zero-order valence-corrected chi connectivity index (χ0v) is 19.8. The summed E-state index contributed by atoms with van der Waals surface area (Å²) in [5.41, 5.74) is 2.82. The monoisotopic (exact) mass is 474 g/mol. The van der Waals surface area contributed by atoms with E-state index in [4.69, 9.17) is 0 Å². The van der Waals surface area contributed by atoms with Crippen LogP contribution in [0.5, 0.6) is 0 Å². The van der Waals surface area contributed by atoms with E-state index in [2.05, 4.69) is 43.7 Å². The molecule has 0 saturated carbocycles. The maximum absolute atomic E-state index is 12.3. The zero-order chi connectivity index (χ0) is 24.8. The van der Waals surface area contributed by atoms with E-state index >= 15 is 0 Å². The van der Waals surface area contributed by atoms with Crippen molar-refractivity contribution in [2.24, 2.45) is 0 Å². The molecule has 35 heavy (non-hydrogen) atoms. The summed E-state index contributed by atoms with van der Waals surface area (Å²) in [6, 6.07) is 7.54. The number of carbonyl (C=O) groups is 2. The Labute approximate surface area is 204 Å². The highest BCUT2D eigenvalue weighted by Crippen LogP contribution is 2.25. The fourth-order valence-electron chi connectivity index (χ4n) is 4.04.